The molecule has 49 heavy (non-hydrogen) atoms. The Morgan fingerprint density at radius 1 is 0.796 bits per heavy atom. The zero-order chi connectivity index (χ0) is 35.1. The molecule has 0 unspecified atom stereocenters. The summed E-state index contributed by atoms with van der Waals surface area (Å²) in [7, 11) is 0. The minimum atomic E-state index is -1.94. The first-order valence-corrected chi connectivity index (χ1v) is 16.9. The van der Waals surface area contributed by atoms with Gasteiger partial charge in [-0.1, -0.05) is 57.2 Å². The molecule has 5 fully saturated rings. The molecule has 5 aliphatic rings. The molecule has 2 heterocycles. The Kier molecular flexibility index (Phi) is 7.83. The molecule has 11 nitrogen and oxygen atoms in total. The van der Waals surface area contributed by atoms with Gasteiger partial charge in [0.1, 0.15) is 18.3 Å². The van der Waals surface area contributed by atoms with Gasteiger partial charge in [-0.25, -0.2) is 9.59 Å². The highest BCUT2D eigenvalue weighted by Crippen LogP contribution is 2.70. The molecule has 0 N–H and O–H groups in total. The van der Waals surface area contributed by atoms with E-state index in [1.54, 1.807) is 74.5 Å². The number of ketones is 1. The van der Waals surface area contributed by atoms with E-state index >= 15 is 4.79 Å². The number of esters is 4. The Morgan fingerprint density at radius 2 is 1.37 bits per heavy atom. The smallest absolute Gasteiger partial charge is 0.338 e. The van der Waals surface area contributed by atoms with E-state index in [1.165, 1.54) is 13.8 Å². The van der Waals surface area contributed by atoms with Crippen LogP contribution in [0.1, 0.15) is 75.1 Å². The zero-order valence-electron chi connectivity index (χ0n) is 28.5. The van der Waals surface area contributed by atoms with Crippen molar-refractivity contribution in [3.05, 3.63) is 71.8 Å². The highest BCUT2D eigenvalue weighted by molar-refractivity contribution is 6.00. The molecule has 0 aromatic heterocycles. The average Bonchev–Trinajstić information content (AvgIpc) is 4.01. The van der Waals surface area contributed by atoms with Crippen molar-refractivity contribution >= 4 is 29.7 Å². The topological polar surface area (TPSA) is 147 Å². The third-order valence-electron chi connectivity index (χ3n) is 11.7. The predicted octanol–water partition coefficient (Wildman–Crippen LogP) is 4.50. The molecule has 0 bridgehead atoms. The van der Waals surface area contributed by atoms with Gasteiger partial charge in [0.2, 0.25) is 5.78 Å². The summed E-state index contributed by atoms with van der Waals surface area (Å²) >= 11 is 0. The van der Waals surface area contributed by atoms with Gasteiger partial charge in [0.25, 0.3) is 0 Å². The summed E-state index contributed by atoms with van der Waals surface area (Å²) in [6, 6.07) is 16.9. The average molecular weight is 675 g/mol. The predicted molar refractivity (Wildman–Crippen MR) is 171 cm³/mol. The molecule has 11 heteroatoms. The number of Topliss-reactive ketones (excluding diaryl/α,β-unsaturated/α-hetero) is 1. The minimum Gasteiger partial charge on any atom is -0.459 e. The van der Waals surface area contributed by atoms with Crippen LogP contribution in [0.4, 0.5) is 0 Å². The molecule has 2 aliphatic heterocycles. The van der Waals surface area contributed by atoms with E-state index < -0.39 is 82.7 Å². The number of fused-ring (bicyclic) bond motifs is 4. The Balaban J connectivity index is 1.40. The maximum atomic E-state index is 15.1. The molecule has 2 saturated heterocycles. The van der Waals surface area contributed by atoms with Crippen LogP contribution in [0.5, 0.6) is 0 Å². The number of epoxide rings is 2. The number of carbonyl (C=O) groups excluding carboxylic acids is 5. The second-order valence-corrected chi connectivity index (χ2v) is 15.1. The highest BCUT2D eigenvalue weighted by Gasteiger charge is 2.82. The first-order valence-electron chi connectivity index (χ1n) is 16.9. The van der Waals surface area contributed by atoms with E-state index in [9.17, 15) is 19.2 Å². The highest BCUT2D eigenvalue weighted by atomic mass is 16.7. The number of carbonyl (C=O) groups is 5. The second-order valence-electron chi connectivity index (χ2n) is 15.1. The van der Waals surface area contributed by atoms with Crippen LogP contribution in [-0.4, -0.2) is 77.5 Å². The quantitative estimate of drug-likeness (QED) is 0.242. The lowest BCUT2D eigenvalue weighted by Crippen LogP contribution is -2.62. The van der Waals surface area contributed by atoms with Crippen LogP contribution >= 0.6 is 0 Å². The molecule has 2 aromatic carbocycles. The molecule has 0 amide bonds. The van der Waals surface area contributed by atoms with E-state index in [0.717, 1.165) is 0 Å². The lowest BCUT2D eigenvalue weighted by molar-refractivity contribution is -0.193. The summed E-state index contributed by atoms with van der Waals surface area (Å²) in [5, 5.41) is 0. The van der Waals surface area contributed by atoms with Crippen LogP contribution in [0.3, 0.4) is 0 Å². The Bertz CT molecular complexity index is 1680. The van der Waals surface area contributed by atoms with Crippen LogP contribution < -0.4 is 0 Å². The molecular weight excluding hydrogens is 632 g/mol. The maximum absolute atomic E-state index is 15.1. The SMILES string of the molecule is CC(=O)O[C@@H]1[C@H]2[C@@H](OC(=O)c3ccccc3)[C@@H](C)C[C@]2(OC(C)=O)C(=O)[C@@]2(C)O[C@@H]2[C@@H]2[C@H](C[C@@H](OC(=O)c3ccccc3)[C@]13CO3)C2(C)C. The van der Waals surface area contributed by atoms with Crippen molar-refractivity contribution < 1.29 is 52.4 Å². The number of hydrogen-bond acceptors (Lipinski definition) is 11. The number of rotatable bonds is 6. The van der Waals surface area contributed by atoms with Crippen molar-refractivity contribution in [2.75, 3.05) is 6.61 Å². The van der Waals surface area contributed by atoms with Gasteiger partial charge in [0.05, 0.1) is 29.8 Å². The molecule has 7 rings (SSSR count). The maximum Gasteiger partial charge on any atom is 0.338 e. The number of hydrogen-bond donors (Lipinski definition) is 0. The summed E-state index contributed by atoms with van der Waals surface area (Å²) in [4.78, 5) is 68.5. The van der Waals surface area contributed by atoms with E-state index in [4.69, 9.17) is 28.4 Å². The lowest BCUT2D eigenvalue weighted by atomic mass is 9.72. The van der Waals surface area contributed by atoms with Gasteiger partial charge >= 0.3 is 23.9 Å². The van der Waals surface area contributed by atoms with Crippen molar-refractivity contribution in [3.63, 3.8) is 0 Å². The molecule has 260 valence electrons. The van der Waals surface area contributed by atoms with Gasteiger partial charge in [0.15, 0.2) is 16.8 Å². The van der Waals surface area contributed by atoms with E-state index in [1.807, 2.05) is 0 Å². The van der Waals surface area contributed by atoms with Crippen LogP contribution in [0.2, 0.25) is 0 Å². The summed E-state index contributed by atoms with van der Waals surface area (Å²) in [6.07, 6.45) is -3.57. The van der Waals surface area contributed by atoms with Crippen molar-refractivity contribution in [1.82, 2.24) is 0 Å². The Morgan fingerprint density at radius 3 is 1.90 bits per heavy atom. The summed E-state index contributed by atoms with van der Waals surface area (Å²) in [5.74, 6) is -5.08. The second kappa shape index (κ2) is 11.5. The number of ether oxygens (including phenoxy) is 6. The van der Waals surface area contributed by atoms with Gasteiger partial charge in [-0.2, -0.15) is 0 Å². The molecule has 11 atom stereocenters. The van der Waals surface area contributed by atoms with Crippen molar-refractivity contribution in [2.45, 2.75) is 95.6 Å². The molecule has 3 aliphatic carbocycles. The third-order valence-corrected chi connectivity index (χ3v) is 11.7. The standard InChI is InChI=1S/C38H42O11/c1-20-18-37(48-22(3)40)28(29(20)47-33(42)24-15-11-8-12-16-24)31(45-21(2)39)38(19-44-38)26(46-32(41)23-13-9-7-10-14-23)17-25-27(35(25,4)5)30-36(6,49-30)34(37)43/h7-16,20,25-31H,17-19H2,1-6H3/t20-,25-,26+,27-,28+,29-,30+,31+,36-,37+,38+/m0/s1. The number of benzene rings is 2. The van der Waals surface area contributed by atoms with Gasteiger partial charge in [-0.3, -0.25) is 14.4 Å². The monoisotopic (exact) mass is 674 g/mol. The largest absolute Gasteiger partial charge is 0.459 e. The van der Waals surface area contributed by atoms with E-state index in [-0.39, 0.29) is 35.8 Å². The molecular formula is C38H42O11. The van der Waals surface area contributed by atoms with Gasteiger partial charge in [-0.15, -0.1) is 0 Å². The van der Waals surface area contributed by atoms with Crippen molar-refractivity contribution in [3.8, 4) is 0 Å². The van der Waals surface area contributed by atoms with Crippen LogP contribution in [0, 0.1) is 29.1 Å². The van der Waals surface area contributed by atoms with Gasteiger partial charge in [0, 0.05) is 20.3 Å². The van der Waals surface area contributed by atoms with Gasteiger partial charge in [-0.05, 0) is 60.8 Å². The Hall–Kier alpha value is -4.09. The lowest BCUT2D eigenvalue weighted by Gasteiger charge is -2.42. The fourth-order valence-electron chi connectivity index (χ4n) is 9.09. The van der Waals surface area contributed by atoms with Crippen molar-refractivity contribution in [2.24, 2.45) is 29.1 Å². The molecule has 0 radical (unpaired) electrons. The van der Waals surface area contributed by atoms with E-state index in [2.05, 4.69) is 13.8 Å². The molecule has 2 aromatic rings. The van der Waals surface area contributed by atoms with E-state index in [0.29, 0.717) is 12.0 Å². The normalized spacial score (nSPS) is 39.6. The Labute approximate surface area is 284 Å². The van der Waals surface area contributed by atoms with Crippen LogP contribution in [-0.2, 0) is 42.8 Å². The van der Waals surface area contributed by atoms with Crippen LogP contribution in [0.25, 0.3) is 0 Å². The first kappa shape index (κ1) is 33.4. The summed E-state index contributed by atoms with van der Waals surface area (Å²) in [5.41, 5.74) is -4.40. The third kappa shape index (κ3) is 5.36. The summed E-state index contributed by atoms with van der Waals surface area (Å²) in [6.45, 7) is 10.1. The minimum absolute atomic E-state index is 0.0151. The fraction of sp³-hybridized carbons (Fsp3) is 0.553. The molecule has 3 saturated carbocycles. The van der Waals surface area contributed by atoms with Crippen molar-refractivity contribution in [1.29, 1.82) is 0 Å². The van der Waals surface area contributed by atoms with Crippen LogP contribution in [0.15, 0.2) is 60.7 Å². The molecule has 1 spiro atoms. The fourth-order valence-corrected chi connectivity index (χ4v) is 9.09. The summed E-state index contributed by atoms with van der Waals surface area (Å²) < 4.78 is 37.4. The zero-order valence-corrected chi connectivity index (χ0v) is 28.5. The first-order chi connectivity index (χ1) is 23.2. The van der Waals surface area contributed by atoms with Gasteiger partial charge < -0.3 is 28.4 Å².